The number of nitrogens with two attached hydrogens (primary N) is 1. The van der Waals surface area contributed by atoms with Crippen molar-refractivity contribution in [2.45, 2.75) is 6.92 Å². The molecule has 0 aromatic carbocycles. The highest BCUT2D eigenvalue weighted by Gasteiger charge is 2.16. The molecule has 28 heavy (non-hydrogen) atoms. The minimum absolute atomic E-state index is 0.237. The Morgan fingerprint density at radius 3 is 2.64 bits per heavy atom. The molecule has 0 aliphatic heterocycles. The lowest BCUT2D eigenvalue weighted by molar-refractivity contribution is 0.841. The predicted octanol–water partition coefficient (Wildman–Crippen LogP) is 3.10. The summed E-state index contributed by atoms with van der Waals surface area (Å²) in [4.78, 5) is 15.6. The summed E-state index contributed by atoms with van der Waals surface area (Å²) in [6.45, 7) is 9.10. The van der Waals surface area contributed by atoms with Gasteiger partial charge in [-0.2, -0.15) is 14.9 Å². The largest absolute Gasteiger partial charge is 0.382 e. The molecular weight excluding hydrogens is 358 g/mol. The Hall–Kier alpha value is -4.46. The SMILES string of the molecule is [C-]#[N+]c1cnn(-c2cncnc2)c1N=Nc1c(C)nn(-c2ccccn2)c1N. The van der Waals surface area contributed by atoms with Gasteiger partial charge in [0, 0.05) is 6.20 Å². The molecule has 0 aliphatic carbocycles. The van der Waals surface area contributed by atoms with Gasteiger partial charge in [-0.15, -0.1) is 10.2 Å². The van der Waals surface area contributed by atoms with Crippen molar-refractivity contribution >= 4 is 23.0 Å². The van der Waals surface area contributed by atoms with Crippen LogP contribution in [0.4, 0.5) is 23.0 Å². The summed E-state index contributed by atoms with van der Waals surface area (Å²) in [5, 5.41) is 17.0. The van der Waals surface area contributed by atoms with Crippen LogP contribution >= 0.6 is 0 Å². The van der Waals surface area contributed by atoms with Gasteiger partial charge in [-0.25, -0.2) is 24.5 Å². The zero-order chi connectivity index (χ0) is 19.5. The number of pyridine rings is 1. The number of aromatic nitrogens is 7. The minimum atomic E-state index is 0.237. The first-order valence-corrected chi connectivity index (χ1v) is 8.08. The van der Waals surface area contributed by atoms with E-state index in [-0.39, 0.29) is 11.5 Å². The number of nitrogen functional groups attached to an aromatic ring is 1. The Balaban J connectivity index is 1.76. The third kappa shape index (κ3) is 2.95. The summed E-state index contributed by atoms with van der Waals surface area (Å²) >= 11 is 0. The highest BCUT2D eigenvalue weighted by Crippen LogP contribution is 2.34. The molecule has 11 nitrogen and oxygen atoms in total. The summed E-state index contributed by atoms with van der Waals surface area (Å²) in [5.41, 5.74) is 7.95. The van der Waals surface area contributed by atoms with Crippen LogP contribution < -0.4 is 5.73 Å². The summed E-state index contributed by atoms with van der Waals surface area (Å²) in [5.74, 6) is 1.10. The minimum Gasteiger partial charge on any atom is -0.382 e. The maximum absolute atomic E-state index is 7.33. The van der Waals surface area contributed by atoms with Crippen molar-refractivity contribution in [2.75, 3.05) is 5.73 Å². The highest BCUT2D eigenvalue weighted by atomic mass is 15.4. The molecule has 0 saturated heterocycles. The zero-order valence-electron chi connectivity index (χ0n) is 14.7. The molecule has 0 fully saturated rings. The van der Waals surface area contributed by atoms with Gasteiger partial charge >= 0.3 is 0 Å². The molecule has 2 N–H and O–H groups in total. The molecule has 0 atom stereocenters. The van der Waals surface area contributed by atoms with Crippen LogP contribution in [0.25, 0.3) is 16.4 Å². The van der Waals surface area contributed by atoms with Gasteiger partial charge in [0.05, 0.1) is 30.9 Å². The maximum Gasteiger partial charge on any atom is 0.252 e. The summed E-state index contributed by atoms with van der Waals surface area (Å²) in [6, 6.07) is 5.42. The molecule has 0 bridgehead atoms. The third-order valence-electron chi connectivity index (χ3n) is 3.81. The van der Waals surface area contributed by atoms with E-state index < -0.39 is 0 Å². The number of hydrogen-bond acceptors (Lipinski definition) is 8. The lowest BCUT2D eigenvalue weighted by Crippen LogP contribution is -2.03. The number of rotatable bonds is 4. The quantitative estimate of drug-likeness (QED) is 0.433. The number of azo groups is 1. The van der Waals surface area contributed by atoms with E-state index >= 15 is 0 Å². The van der Waals surface area contributed by atoms with Crippen molar-refractivity contribution in [1.82, 2.24) is 34.5 Å². The summed E-state index contributed by atoms with van der Waals surface area (Å²) in [7, 11) is 0. The van der Waals surface area contributed by atoms with E-state index in [2.05, 4.69) is 40.2 Å². The molecule has 136 valence electrons. The normalized spacial score (nSPS) is 11.0. The van der Waals surface area contributed by atoms with Crippen molar-refractivity contribution in [2.24, 2.45) is 10.2 Å². The smallest absolute Gasteiger partial charge is 0.252 e. The molecule has 0 radical (unpaired) electrons. The van der Waals surface area contributed by atoms with Crippen LogP contribution in [0.15, 0.2) is 59.5 Å². The first-order chi connectivity index (χ1) is 13.7. The van der Waals surface area contributed by atoms with Crippen LogP contribution in [-0.4, -0.2) is 34.5 Å². The molecule has 0 saturated carbocycles. The first kappa shape index (κ1) is 17.0. The van der Waals surface area contributed by atoms with Crippen LogP contribution in [0.5, 0.6) is 0 Å². The van der Waals surface area contributed by atoms with Gasteiger partial charge in [0.25, 0.3) is 5.69 Å². The lowest BCUT2D eigenvalue weighted by Gasteiger charge is -2.03. The van der Waals surface area contributed by atoms with Crippen LogP contribution in [0, 0.1) is 13.5 Å². The number of nitrogens with zero attached hydrogens (tertiary/aromatic N) is 10. The number of hydrogen-bond donors (Lipinski definition) is 1. The van der Waals surface area contributed by atoms with E-state index in [0.29, 0.717) is 28.7 Å². The molecule has 0 amide bonds. The predicted molar refractivity (Wildman–Crippen MR) is 100 cm³/mol. The fourth-order valence-electron chi connectivity index (χ4n) is 2.51. The average Bonchev–Trinajstić information content (AvgIpc) is 3.28. The highest BCUT2D eigenvalue weighted by molar-refractivity contribution is 5.66. The maximum atomic E-state index is 7.33. The van der Waals surface area contributed by atoms with Crippen molar-refractivity contribution in [1.29, 1.82) is 0 Å². The Morgan fingerprint density at radius 2 is 1.93 bits per heavy atom. The van der Waals surface area contributed by atoms with Crippen LogP contribution in [-0.2, 0) is 0 Å². The topological polar surface area (TPSA) is 129 Å². The molecule has 0 unspecified atom stereocenters. The molecule has 0 spiro atoms. The van der Waals surface area contributed by atoms with Crippen LogP contribution in [0.1, 0.15) is 5.69 Å². The Morgan fingerprint density at radius 1 is 1.11 bits per heavy atom. The summed E-state index contributed by atoms with van der Waals surface area (Å²) < 4.78 is 2.92. The molecule has 4 heterocycles. The van der Waals surface area contributed by atoms with Crippen molar-refractivity contribution in [3.05, 3.63) is 66.4 Å². The Bertz CT molecular complexity index is 1180. The molecule has 4 aromatic heterocycles. The Kier molecular flexibility index (Phi) is 4.27. The number of aryl methyl sites for hydroxylation is 1. The second kappa shape index (κ2) is 7.04. The second-order valence-electron chi connectivity index (χ2n) is 5.59. The van der Waals surface area contributed by atoms with Crippen molar-refractivity contribution in [3.8, 4) is 11.5 Å². The van der Waals surface area contributed by atoms with Gasteiger partial charge in [0.15, 0.2) is 23.1 Å². The second-order valence-corrected chi connectivity index (χ2v) is 5.59. The monoisotopic (exact) mass is 371 g/mol. The third-order valence-corrected chi connectivity index (χ3v) is 3.81. The molecule has 4 rings (SSSR count). The van der Waals surface area contributed by atoms with Gasteiger partial charge in [-0.1, -0.05) is 6.07 Å². The standard InChI is InChI=1S/C17H13N11/c1-11-15(16(18)28(26-11)14-5-3-4-6-22-14)24-25-17-13(19-2)9-23-27(17)12-7-20-10-21-8-12/h3-10H,18H2,1H3. The van der Waals surface area contributed by atoms with Gasteiger partial charge in [-0.3, -0.25) is 0 Å². The van der Waals surface area contributed by atoms with E-state index in [4.69, 9.17) is 12.3 Å². The van der Waals surface area contributed by atoms with Crippen LogP contribution in [0.2, 0.25) is 0 Å². The fraction of sp³-hybridized carbons (Fsp3) is 0.0588. The number of anilines is 1. The molecule has 0 aliphatic rings. The van der Waals surface area contributed by atoms with E-state index in [1.165, 1.54) is 21.9 Å². The van der Waals surface area contributed by atoms with Gasteiger partial charge in [0.2, 0.25) is 0 Å². The summed E-state index contributed by atoms with van der Waals surface area (Å²) in [6.07, 6.45) is 7.58. The van der Waals surface area contributed by atoms with E-state index in [9.17, 15) is 0 Å². The Labute approximate surface area is 159 Å². The average molecular weight is 371 g/mol. The molecule has 11 heteroatoms. The van der Waals surface area contributed by atoms with Crippen LogP contribution in [0.3, 0.4) is 0 Å². The first-order valence-electron chi connectivity index (χ1n) is 8.08. The van der Waals surface area contributed by atoms with E-state index in [0.717, 1.165) is 0 Å². The van der Waals surface area contributed by atoms with Gasteiger partial charge in [0.1, 0.15) is 12.0 Å². The van der Waals surface area contributed by atoms with Crippen molar-refractivity contribution < 1.29 is 0 Å². The molecular formula is C17H13N11. The van der Waals surface area contributed by atoms with Gasteiger partial charge in [-0.05, 0) is 19.1 Å². The zero-order valence-corrected chi connectivity index (χ0v) is 14.7. The molecule has 4 aromatic rings. The fourth-order valence-corrected chi connectivity index (χ4v) is 2.51. The van der Waals surface area contributed by atoms with E-state index in [1.54, 1.807) is 37.6 Å². The van der Waals surface area contributed by atoms with E-state index in [1.807, 2.05) is 6.07 Å². The van der Waals surface area contributed by atoms with Crippen molar-refractivity contribution in [3.63, 3.8) is 0 Å². The lowest BCUT2D eigenvalue weighted by atomic mass is 10.4. The van der Waals surface area contributed by atoms with Gasteiger partial charge < -0.3 is 5.73 Å².